The third kappa shape index (κ3) is 4.53. The summed E-state index contributed by atoms with van der Waals surface area (Å²) in [4.78, 5) is 36.2. The average Bonchev–Trinajstić information content (AvgIpc) is 3.11. The molecule has 2 aromatic carbocycles. The van der Waals surface area contributed by atoms with E-state index in [2.05, 4.69) is 30.9 Å². The Morgan fingerprint density at radius 1 is 0.966 bits per heavy atom. The summed E-state index contributed by atoms with van der Waals surface area (Å²) in [6.45, 7) is 1.44. The van der Waals surface area contributed by atoms with Crippen LogP contribution in [0.2, 0.25) is 0 Å². The molecule has 29 heavy (non-hydrogen) atoms. The molecule has 0 radical (unpaired) electrons. The highest BCUT2D eigenvalue weighted by molar-refractivity contribution is 7.22. The molecule has 0 bridgehead atoms. The molecule has 9 heteroatoms. The Bertz CT molecular complexity index is 1170. The van der Waals surface area contributed by atoms with Gasteiger partial charge in [0, 0.05) is 30.1 Å². The molecule has 0 aliphatic carbocycles. The van der Waals surface area contributed by atoms with Gasteiger partial charge in [-0.2, -0.15) is 0 Å². The molecular formula is C20H16N6O2S. The Hall–Kier alpha value is -3.85. The van der Waals surface area contributed by atoms with Gasteiger partial charge in [0.15, 0.2) is 5.13 Å². The molecule has 144 valence electrons. The minimum atomic E-state index is -0.224. The molecule has 0 unspecified atom stereocenters. The normalized spacial score (nSPS) is 10.5. The van der Waals surface area contributed by atoms with E-state index < -0.39 is 0 Å². The van der Waals surface area contributed by atoms with Crippen LogP contribution in [-0.4, -0.2) is 26.8 Å². The van der Waals surface area contributed by atoms with Crippen molar-refractivity contribution in [2.24, 2.45) is 0 Å². The van der Waals surface area contributed by atoms with Crippen LogP contribution in [0.15, 0.2) is 61.1 Å². The molecular weight excluding hydrogens is 388 g/mol. The number of nitrogens with one attached hydrogen (secondary N) is 3. The lowest BCUT2D eigenvalue weighted by atomic mass is 10.2. The zero-order chi connectivity index (χ0) is 20.2. The van der Waals surface area contributed by atoms with Crippen molar-refractivity contribution in [3.05, 3.63) is 66.6 Å². The molecule has 0 aliphatic rings. The van der Waals surface area contributed by atoms with E-state index in [1.54, 1.807) is 48.7 Å². The molecule has 0 spiro atoms. The average molecular weight is 404 g/mol. The predicted molar refractivity (Wildman–Crippen MR) is 114 cm³/mol. The highest BCUT2D eigenvalue weighted by atomic mass is 32.1. The summed E-state index contributed by atoms with van der Waals surface area (Å²) in [5, 5.41) is 9.35. The van der Waals surface area contributed by atoms with Crippen molar-refractivity contribution in [3.63, 3.8) is 0 Å². The number of amides is 2. The minimum Gasteiger partial charge on any atom is -0.326 e. The van der Waals surface area contributed by atoms with Gasteiger partial charge in [0.25, 0.3) is 5.91 Å². The van der Waals surface area contributed by atoms with Gasteiger partial charge in [-0.25, -0.2) is 15.0 Å². The van der Waals surface area contributed by atoms with Crippen LogP contribution in [0.5, 0.6) is 0 Å². The number of aromatic nitrogens is 3. The zero-order valence-corrected chi connectivity index (χ0v) is 16.2. The smallest absolute Gasteiger partial charge is 0.255 e. The van der Waals surface area contributed by atoms with Crippen molar-refractivity contribution in [2.45, 2.75) is 6.92 Å². The van der Waals surface area contributed by atoms with Crippen LogP contribution in [-0.2, 0) is 4.79 Å². The van der Waals surface area contributed by atoms with Crippen molar-refractivity contribution in [3.8, 4) is 0 Å². The Kier molecular flexibility index (Phi) is 5.12. The highest BCUT2D eigenvalue weighted by Gasteiger charge is 2.11. The first kappa shape index (κ1) is 18.5. The van der Waals surface area contributed by atoms with Gasteiger partial charge in [0.2, 0.25) is 5.91 Å². The van der Waals surface area contributed by atoms with Gasteiger partial charge >= 0.3 is 0 Å². The molecule has 2 aromatic heterocycles. The quantitative estimate of drug-likeness (QED) is 0.463. The number of rotatable bonds is 5. The van der Waals surface area contributed by atoms with E-state index in [9.17, 15) is 9.59 Å². The molecule has 0 aliphatic heterocycles. The van der Waals surface area contributed by atoms with Crippen LogP contribution in [0.1, 0.15) is 17.3 Å². The number of hydrogen-bond acceptors (Lipinski definition) is 7. The lowest BCUT2D eigenvalue weighted by molar-refractivity contribution is -0.114. The van der Waals surface area contributed by atoms with Crippen LogP contribution >= 0.6 is 11.3 Å². The lowest BCUT2D eigenvalue weighted by Crippen LogP contribution is -2.12. The summed E-state index contributed by atoms with van der Waals surface area (Å²) in [6.07, 6.45) is 3.11. The first-order chi connectivity index (χ1) is 14.1. The summed E-state index contributed by atoms with van der Waals surface area (Å²) in [7, 11) is 0. The van der Waals surface area contributed by atoms with Crippen molar-refractivity contribution in [2.75, 3.05) is 16.0 Å². The second-order valence-electron chi connectivity index (χ2n) is 6.13. The van der Waals surface area contributed by atoms with Crippen molar-refractivity contribution >= 4 is 55.7 Å². The highest BCUT2D eigenvalue weighted by Crippen LogP contribution is 2.28. The largest absolute Gasteiger partial charge is 0.326 e. The van der Waals surface area contributed by atoms with Crippen LogP contribution in [0.25, 0.3) is 10.2 Å². The number of hydrogen-bond donors (Lipinski definition) is 3. The molecule has 0 saturated heterocycles. The van der Waals surface area contributed by atoms with E-state index in [-0.39, 0.29) is 11.8 Å². The number of carbonyl (C=O) groups is 2. The van der Waals surface area contributed by atoms with Crippen LogP contribution in [0, 0.1) is 0 Å². The molecule has 2 heterocycles. The van der Waals surface area contributed by atoms with E-state index in [1.807, 2.05) is 6.07 Å². The predicted octanol–water partition coefficient (Wildman–Crippen LogP) is 4.04. The Balaban J connectivity index is 1.48. The first-order valence-corrected chi connectivity index (χ1v) is 9.51. The van der Waals surface area contributed by atoms with Crippen LogP contribution < -0.4 is 16.0 Å². The monoisotopic (exact) mass is 404 g/mol. The molecule has 3 N–H and O–H groups in total. The van der Waals surface area contributed by atoms with Crippen molar-refractivity contribution in [1.82, 2.24) is 15.0 Å². The SMILES string of the molecule is CC(=O)Nc1ccc(NC(=O)c2ccc3nc(Nc4ccncn4)sc3c2)cc1. The minimum absolute atomic E-state index is 0.145. The van der Waals surface area contributed by atoms with Gasteiger partial charge in [-0.1, -0.05) is 11.3 Å². The summed E-state index contributed by atoms with van der Waals surface area (Å²) < 4.78 is 0.884. The fraction of sp³-hybridized carbons (Fsp3) is 0.0500. The molecule has 0 fully saturated rings. The standard InChI is InChI=1S/C20H16N6O2S/c1-12(27)23-14-3-5-15(6-4-14)24-19(28)13-2-7-16-17(10-13)29-20(25-16)26-18-8-9-21-11-22-18/h2-11H,1H3,(H,23,27)(H,24,28)(H,21,22,25,26). The van der Waals surface area contributed by atoms with Crippen molar-refractivity contribution in [1.29, 1.82) is 0 Å². The number of nitrogens with zero attached hydrogens (tertiary/aromatic N) is 3. The van der Waals surface area contributed by atoms with Gasteiger partial charge in [-0.3, -0.25) is 9.59 Å². The fourth-order valence-electron chi connectivity index (χ4n) is 2.64. The van der Waals surface area contributed by atoms with Crippen LogP contribution in [0.3, 0.4) is 0 Å². The molecule has 4 aromatic rings. The lowest BCUT2D eigenvalue weighted by Gasteiger charge is -2.07. The Morgan fingerprint density at radius 3 is 2.41 bits per heavy atom. The molecule has 4 rings (SSSR count). The van der Waals surface area contributed by atoms with Gasteiger partial charge in [0.1, 0.15) is 12.1 Å². The van der Waals surface area contributed by atoms with Gasteiger partial charge in [-0.15, -0.1) is 0 Å². The number of carbonyl (C=O) groups excluding carboxylic acids is 2. The van der Waals surface area contributed by atoms with E-state index in [1.165, 1.54) is 24.6 Å². The van der Waals surface area contributed by atoms with E-state index in [4.69, 9.17) is 0 Å². The van der Waals surface area contributed by atoms with Gasteiger partial charge in [0.05, 0.1) is 10.2 Å². The number of fused-ring (bicyclic) bond motifs is 1. The summed E-state index contributed by atoms with van der Waals surface area (Å²) >= 11 is 1.43. The maximum absolute atomic E-state index is 12.6. The topological polar surface area (TPSA) is 109 Å². The third-order valence-corrected chi connectivity index (χ3v) is 4.86. The van der Waals surface area contributed by atoms with E-state index >= 15 is 0 Å². The summed E-state index contributed by atoms with van der Waals surface area (Å²) in [5.41, 5.74) is 2.63. The number of anilines is 4. The Labute approximate surface area is 170 Å². The van der Waals surface area contributed by atoms with Crippen LogP contribution in [0.4, 0.5) is 22.3 Å². The maximum Gasteiger partial charge on any atom is 0.255 e. The van der Waals surface area contributed by atoms with E-state index in [0.717, 1.165) is 10.2 Å². The molecule has 0 saturated carbocycles. The fourth-order valence-corrected chi connectivity index (χ4v) is 3.55. The molecule has 8 nitrogen and oxygen atoms in total. The molecule has 0 atom stereocenters. The summed E-state index contributed by atoms with van der Waals surface area (Å²) in [6, 6.07) is 14.0. The number of thiazole rings is 1. The maximum atomic E-state index is 12.6. The third-order valence-electron chi connectivity index (χ3n) is 3.93. The molecule has 2 amide bonds. The van der Waals surface area contributed by atoms with Gasteiger partial charge in [-0.05, 0) is 48.5 Å². The second kappa shape index (κ2) is 8.03. The zero-order valence-electron chi connectivity index (χ0n) is 15.3. The second-order valence-corrected chi connectivity index (χ2v) is 7.16. The Morgan fingerprint density at radius 2 is 1.72 bits per heavy atom. The van der Waals surface area contributed by atoms with Gasteiger partial charge < -0.3 is 16.0 Å². The van der Waals surface area contributed by atoms with Crippen molar-refractivity contribution < 1.29 is 9.59 Å². The first-order valence-electron chi connectivity index (χ1n) is 8.69. The number of benzene rings is 2. The summed E-state index contributed by atoms with van der Waals surface area (Å²) in [5.74, 6) is 0.283. The van der Waals surface area contributed by atoms with E-state index in [0.29, 0.717) is 27.9 Å².